The minimum absolute atomic E-state index is 0.0592. The number of likely N-dealkylation sites (N-methyl/N-ethyl adjacent to an activating group) is 1. The first kappa shape index (κ1) is 28.7. The van der Waals surface area contributed by atoms with E-state index in [1.54, 1.807) is 56.3 Å². The number of ether oxygens (including phenoxy) is 1. The molecule has 0 saturated carbocycles. The van der Waals surface area contributed by atoms with Crippen LogP contribution in [0.3, 0.4) is 0 Å². The summed E-state index contributed by atoms with van der Waals surface area (Å²) in [7, 11) is -4.10. The van der Waals surface area contributed by atoms with Gasteiger partial charge in [-0.3, -0.25) is 13.9 Å². The van der Waals surface area contributed by atoms with Gasteiger partial charge in [-0.05, 0) is 75.2 Å². The van der Waals surface area contributed by atoms with Gasteiger partial charge in [0.25, 0.3) is 10.0 Å². The van der Waals surface area contributed by atoms with Crippen molar-refractivity contribution in [2.75, 3.05) is 24.0 Å². The fourth-order valence-electron chi connectivity index (χ4n) is 4.00. The van der Waals surface area contributed by atoms with Gasteiger partial charge < -0.3 is 15.0 Å². The summed E-state index contributed by atoms with van der Waals surface area (Å²) < 4.78 is 34.1. The fourth-order valence-corrected chi connectivity index (χ4v) is 5.43. The molecule has 3 aromatic carbocycles. The summed E-state index contributed by atoms with van der Waals surface area (Å²) in [6.45, 7) is 7.80. The van der Waals surface area contributed by atoms with E-state index >= 15 is 0 Å². The second kappa shape index (κ2) is 13.1. The van der Waals surface area contributed by atoms with Gasteiger partial charge in [0.1, 0.15) is 18.3 Å². The van der Waals surface area contributed by atoms with Crippen molar-refractivity contribution in [3.63, 3.8) is 0 Å². The highest BCUT2D eigenvalue weighted by Crippen LogP contribution is 2.26. The van der Waals surface area contributed by atoms with Gasteiger partial charge in [0, 0.05) is 13.1 Å². The molecule has 0 aromatic heterocycles. The highest BCUT2D eigenvalue weighted by molar-refractivity contribution is 7.92. The molecular formula is C29H35N3O5S. The van der Waals surface area contributed by atoms with Crippen molar-refractivity contribution in [1.29, 1.82) is 0 Å². The monoisotopic (exact) mass is 537 g/mol. The molecule has 1 unspecified atom stereocenters. The Balaban J connectivity index is 2.02. The van der Waals surface area contributed by atoms with E-state index in [9.17, 15) is 18.0 Å². The minimum atomic E-state index is -4.10. The maximum atomic E-state index is 13.9. The van der Waals surface area contributed by atoms with Crippen molar-refractivity contribution in [3.05, 3.63) is 90.0 Å². The van der Waals surface area contributed by atoms with E-state index in [1.807, 2.05) is 38.1 Å². The van der Waals surface area contributed by atoms with Crippen LogP contribution in [0.4, 0.5) is 5.69 Å². The lowest BCUT2D eigenvalue weighted by molar-refractivity contribution is -0.139. The third-order valence-electron chi connectivity index (χ3n) is 6.17. The van der Waals surface area contributed by atoms with Gasteiger partial charge in [-0.1, -0.05) is 42.5 Å². The van der Waals surface area contributed by atoms with Crippen LogP contribution >= 0.6 is 0 Å². The van der Waals surface area contributed by atoms with Crippen LogP contribution in [-0.4, -0.2) is 50.9 Å². The van der Waals surface area contributed by atoms with Crippen LogP contribution in [0.2, 0.25) is 0 Å². The first-order chi connectivity index (χ1) is 18.2. The molecule has 9 heteroatoms. The molecule has 0 aliphatic rings. The molecular weight excluding hydrogens is 502 g/mol. The van der Waals surface area contributed by atoms with Gasteiger partial charge in [0.15, 0.2) is 0 Å². The SMILES string of the molecule is CCNC(=O)C(C)N(Cc1ccccc1C)C(=O)CN(c1ccc(OCC)cc1)S(=O)(=O)c1ccccc1. The maximum absolute atomic E-state index is 13.9. The Hall–Kier alpha value is -3.85. The lowest BCUT2D eigenvalue weighted by Gasteiger charge is -2.32. The van der Waals surface area contributed by atoms with Crippen LogP contribution in [0.25, 0.3) is 0 Å². The first-order valence-electron chi connectivity index (χ1n) is 12.6. The van der Waals surface area contributed by atoms with Gasteiger partial charge in [0.2, 0.25) is 11.8 Å². The molecule has 0 heterocycles. The summed E-state index contributed by atoms with van der Waals surface area (Å²) in [5.41, 5.74) is 2.15. The third kappa shape index (κ3) is 6.92. The smallest absolute Gasteiger partial charge is 0.264 e. The molecule has 3 rings (SSSR count). The highest BCUT2D eigenvalue weighted by Gasteiger charge is 2.32. The zero-order valence-electron chi connectivity index (χ0n) is 22.3. The molecule has 0 aliphatic carbocycles. The van der Waals surface area contributed by atoms with Crippen molar-refractivity contribution in [3.8, 4) is 5.75 Å². The minimum Gasteiger partial charge on any atom is -0.494 e. The largest absolute Gasteiger partial charge is 0.494 e. The summed E-state index contributed by atoms with van der Waals surface area (Å²) in [6, 6.07) is 21.3. The Kier molecular flexibility index (Phi) is 9.90. The van der Waals surface area contributed by atoms with Crippen molar-refractivity contribution in [2.24, 2.45) is 0 Å². The molecule has 0 saturated heterocycles. The number of hydrogen-bond acceptors (Lipinski definition) is 5. The number of nitrogens with one attached hydrogen (secondary N) is 1. The Morgan fingerprint density at radius 2 is 1.55 bits per heavy atom. The summed E-state index contributed by atoms with van der Waals surface area (Å²) in [4.78, 5) is 28.1. The molecule has 0 radical (unpaired) electrons. The molecule has 8 nitrogen and oxygen atoms in total. The predicted octanol–water partition coefficient (Wildman–Crippen LogP) is 4.14. The fraction of sp³-hybridized carbons (Fsp3) is 0.310. The molecule has 0 bridgehead atoms. The lowest BCUT2D eigenvalue weighted by atomic mass is 10.1. The molecule has 3 aromatic rings. The Bertz CT molecular complexity index is 1330. The molecule has 1 N–H and O–H groups in total. The van der Waals surface area contributed by atoms with Gasteiger partial charge >= 0.3 is 0 Å². The zero-order chi connectivity index (χ0) is 27.7. The molecule has 38 heavy (non-hydrogen) atoms. The average molecular weight is 538 g/mol. The number of rotatable bonds is 12. The quantitative estimate of drug-likeness (QED) is 0.375. The van der Waals surface area contributed by atoms with Crippen molar-refractivity contribution >= 4 is 27.5 Å². The predicted molar refractivity (Wildman–Crippen MR) is 148 cm³/mol. The van der Waals surface area contributed by atoms with Gasteiger partial charge in [-0.2, -0.15) is 0 Å². The number of sulfonamides is 1. The number of anilines is 1. The van der Waals surface area contributed by atoms with E-state index in [2.05, 4.69) is 5.32 Å². The number of carbonyl (C=O) groups excluding carboxylic acids is 2. The van der Waals surface area contributed by atoms with Crippen LogP contribution < -0.4 is 14.4 Å². The number of aryl methyl sites for hydroxylation is 1. The molecule has 2 amide bonds. The summed E-state index contributed by atoms with van der Waals surface area (Å²) >= 11 is 0. The Labute approximate surface area is 225 Å². The topological polar surface area (TPSA) is 96.0 Å². The van der Waals surface area contributed by atoms with Gasteiger partial charge in [0.05, 0.1) is 17.2 Å². The van der Waals surface area contributed by atoms with Crippen LogP contribution in [-0.2, 0) is 26.2 Å². The molecule has 0 fully saturated rings. The molecule has 202 valence electrons. The van der Waals surface area contributed by atoms with Crippen LogP contribution in [0.1, 0.15) is 31.9 Å². The summed E-state index contributed by atoms with van der Waals surface area (Å²) in [6.07, 6.45) is 0. The molecule has 0 spiro atoms. The number of carbonyl (C=O) groups is 2. The normalized spacial score (nSPS) is 11.9. The van der Waals surface area contributed by atoms with Crippen LogP contribution in [0.5, 0.6) is 5.75 Å². The second-order valence-corrected chi connectivity index (χ2v) is 10.6. The van der Waals surface area contributed by atoms with Crippen LogP contribution in [0, 0.1) is 6.92 Å². The van der Waals surface area contributed by atoms with Crippen molar-refractivity contribution in [1.82, 2.24) is 10.2 Å². The maximum Gasteiger partial charge on any atom is 0.264 e. The first-order valence-corrected chi connectivity index (χ1v) is 14.0. The van der Waals surface area contributed by atoms with E-state index in [0.29, 0.717) is 24.6 Å². The second-order valence-electron chi connectivity index (χ2n) is 8.77. The number of nitrogens with zero attached hydrogens (tertiary/aromatic N) is 2. The average Bonchev–Trinajstić information content (AvgIpc) is 2.92. The molecule has 0 aliphatic heterocycles. The summed E-state index contributed by atoms with van der Waals surface area (Å²) in [5, 5.41) is 2.76. The number of benzene rings is 3. The Morgan fingerprint density at radius 3 is 2.16 bits per heavy atom. The van der Waals surface area contributed by atoms with E-state index in [1.165, 1.54) is 17.0 Å². The zero-order valence-corrected chi connectivity index (χ0v) is 23.1. The van der Waals surface area contributed by atoms with Gasteiger partial charge in [-0.15, -0.1) is 0 Å². The standard InChI is InChI=1S/C29H35N3O5S/c1-5-30-29(34)23(4)31(20-24-13-11-10-12-22(24)3)28(33)21-32(25-16-18-26(19-17-25)37-6-2)38(35,36)27-14-8-7-9-15-27/h7-19,23H,5-6,20-21H2,1-4H3,(H,30,34). The van der Waals surface area contributed by atoms with E-state index in [-0.39, 0.29) is 17.3 Å². The third-order valence-corrected chi connectivity index (χ3v) is 7.95. The molecule has 1 atom stereocenters. The summed E-state index contributed by atoms with van der Waals surface area (Å²) in [5.74, 6) is -0.223. The van der Waals surface area contributed by atoms with Crippen LogP contribution in [0.15, 0.2) is 83.8 Å². The van der Waals surface area contributed by atoms with Gasteiger partial charge in [-0.25, -0.2) is 8.42 Å². The van der Waals surface area contributed by atoms with E-state index in [0.717, 1.165) is 15.4 Å². The van der Waals surface area contributed by atoms with Crippen molar-refractivity contribution < 1.29 is 22.7 Å². The number of amides is 2. The van der Waals surface area contributed by atoms with E-state index < -0.39 is 28.5 Å². The lowest BCUT2D eigenvalue weighted by Crippen LogP contribution is -2.51. The highest BCUT2D eigenvalue weighted by atomic mass is 32.2. The number of hydrogen-bond donors (Lipinski definition) is 1. The Morgan fingerprint density at radius 1 is 0.921 bits per heavy atom. The van der Waals surface area contributed by atoms with Crippen molar-refractivity contribution in [2.45, 2.75) is 45.2 Å². The van der Waals surface area contributed by atoms with E-state index in [4.69, 9.17) is 4.74 Å².